The molecule has 0 aliphatic carbocycles. The predicted octanol–water partition coefficient (Wildman–Crippen LogP) is 2.82. The lowest BCUT2D eigenvalue weighted by Gasteiger charge is -2.47. The molecule has 0 radical (unpaired) electrons. The summed E-state index contributed by atoms with van der Waals surface area (Å²) in [6, 6.07) is 15.9. The smallest absolute Gasteiger partial charge is 0.311 e. The Balaban J connectivity index is 1.35. The van der Waals surface area contributed by atoms with Gasteiger partial charge in [0.05, 0.1) is 18.6 Å². The van der Waals surface area contributed by atoms with Gasteiger partial charge in [-0.05, 0) is 36.6 Å². The van der Waals surface area contributed by atoms with Crippen LogP contribution in [0.5, 0.6) is 0 Å². The number of rotatable bonds is 6. The second-order valence-electron chi connectivity index (χ2n) is 9.04. The normalized spacial score (nSPS) is 20.1. The molecule has 0 bridgehead atoms. The molecule has 1 unspecified atom stereocenters. The monoisotopic (exact) mass is 459 g/mol. The van der Waals surface area contributed by atoms with Crippen LogP contribution in [-0.4, -0.2) is 61.9 Å². The number of carbonyl (C=O) groups excluding carboxylic acids is 2. The Bertz CT molecular complexity index is 1140. The average molecular weight is 460 g/mol. The number of methoxy groups -OCH3 is 1. The zero-order chi connectivity index (χ0) is 23.5. The van der Waals surface area contributed by atoms with E-state index in [0.717, 1.165) is 43.7 Å². The van der Waals surface area contributed by atoms with E-state index >= 15 is 0 Å². The van der Waals surface area contributed by atoms with E-state index in [1.807, 2.05) is 52.1 Å². The lowest BCUT2D eigenvalue weighted by atomic mass is 9.76. The van der Waals surface area contributed by atoms with E-state index in [9.17, 15) is 9.59 Å². The lowest BCUT2D eigenvalue weighted by molar-refractivity contribution is -0.150. The molecule has 1 atom stereocenters. The highest BCUT2D eigenvalue weighted by molar-refractivity contribution is 5.89. The molecule has 4 heterocycles. The van der Waals surface area contributed by atoms with Crippen LogP contribution in [0.2, 0.25) is 0 Å². The third kappa shape index (κ3) is 4.09. The van der Waals surface area contributed by atoms with Crippen LogP contribution in [0.3, 0.4) is 0 Å². The molecule has 3 aromatic rings. The fourth-order valence-electron chi connectivity index (χ4n) is 5.47. The zero-order valence-electron chi connectivity index (χ0n) is 19.3. The molecule has 2 aliphatic heterocycles. The Morgan fingerprint density at radius 1 is 1.03 bits per heavy atom. The molecule has 0 N–H and O–H groups in total. The van der Waals surface area contributed by atoms with Crippen molar-refractivity contribution in [2.75, 3.05) is 20.2 Å². The second-order valence-corrected chi connectivity index (χ2v) is 9.04. The minimum Gasteiger partial charge on any atom is -0.469 e. The van der Waals surface area contributed by atoms with Crippen molar-refractivity contribution >= 4 is 11.9 Å². The molecule has 1 spiro atoms. The molecule has 1 aromatic carbocycles. The highest BCUT2D eigenvalue weighted by Crippen LogP contribution is 2.45. The fraction of sp³-hybridized carbons (Fsp3) is 0.385. The molecule has 8 nitrogen and oxygen atoms in total. The first-order valence-corrected chi connectivity index (χ1v) is 11.7. The van der Waals surface area contributed by atoms with E-state index in [0.29, 0.717) is 12.5 Å². The number of piperidine rings is 1. The summed E-state index contributed by atoms with van der Waals surface area (Å²) in [5, 5.41) is 0. The Hall–Kier alpha value is -3.52. The van der Waals surface area contributed by atoms with Crippen molar-refractivity contribution < 1.29 is 14.3 Å². The number of nitrogens with zero attached hydrogens (tertiary/aromatic N) is 5. The van der Waals surface area contributed by atoms with Gasteiger partial charge in [-0.25, -0.2) is 9.97 Å². The number of esters is 1. The summed E-state index contributed by atoms with van der Waals surface area (Å²) < 4.78 is 7.14. The third-order valence-electron chi connectivity index (χ3n) is 7.24. The van der Waals surface area contributed by atoms with Crippen LogP contribution in [0, 0.1) is 5.92 Å². The highest BCUT2D eigenvalue weighted by Gasteiger charge is 2.56. The van der Waals surface area contributed by atoms with Gasteiger partial charge in [0.25, 0.3) is 0 Å². The Kier molecular flexibility index (Phi) is 6.15. The number of likely N-dealkylation sites (tertiary alicyclic amines) is 2. The topological polar surface area (TPSA) is 80.6 Å². The molecule has 1 amide bonds. The molecule has 8 heteroatoms. The van der Waals surface area contributed by atoms with Gasteiger partial charge in [-0.15, -0.1) is 0 Å². The van der Waals surface area contributed by atoms with Crippen molar-refractivity contribution in [2.24, 2.45) is 5.92 Å². The van der Waals surface area contributed by atoms with Crippen molar-refractivity contribution in [3.8, 4) is 5.95 Å². The van der Waals surface area contributed by atoms with Crippen LogP contribution in [0.25, 0.3) is 5.95 Å². The summed E-state index contributed by atoms with van der Waals surface area (Å²) in [6.45, 7) is 2.83. The third-order valence-corrected chi connectivity index (χ3v) is 7.24. The van der Waals surface area contributed by atoms with Crippen LogP contribution < -0.4 is 0 Å². The number of ether oxygens (including phenoxy) is 1. The highest BCUT2D eigenvalue weighted by atomic mass is 16.5. The average Bonchev–Trinajstić information content (AvgIpc) is 3.44. The first kappa shape index (κ1) is 22.3. The zero-order valence-corrected chi connectivity index (χ0v) is 19.3. The van der Waals surface area contributed by atoms with Crippen molar-refractivity contribution in [3.05, 3.63) is 78.4 Å². The van der Waals surface area contributed by atoms with Crippen molar-refractivity contribution in [1.82, 2.24) is 24.3 Å². The van der Waals surface area contributed by atoms with Crippen LogP contribution in [-0.2, 0) is 27.4 Å². The van der Waals surface area contributed by atoms with Gasteiger partial charge >= 0.3 is 5.97 Å². The molecular formula is C26H29N5O3. The number of hydrogen-bond donors (Lipinski definition) is 0. The predicted molar refractivity (Wildman–Crippen MR) is 126 cm³/mol. The SMILES string of the molecule is COC(=O)C1CC(=O)N(Cc2ccccc2)C12CCN(Cc1cccn1-c1ncccn1)CC2. The Morgan fingerprint density at radius 3 is 2.47 bits per heavy atom. The van der Waals surface area contributed by atoms with Crippen LogP contribution >= 0.6 is 0 Å². The van der Waals surface area contributed by atoms with Crippen LogP contribution in [0.15, 0.2) is 67.1 Å². The van der Waals surface area contributed by atoms with E-state index < -0.39 is 11.5 Å². The van der Waals surface area contributed by atoms with Gasteiger partial charge < -0.3 is 9.64 Å². The van der Waals surface area contributed by atoms with Gasteiger partial charge in [-0.3, -0.25) is 19.1 Å². The number of amides is 1. The van der Waals surface area contributed by atoms with Crippen LogP contribution in [0.4, 0.5) is 0 Å². The second kappa shape index (κ2) is 9.38. The van der Waals surface area contributed by atoms with Gasteiger partial charge in [-0.2, -0.15) is 0 Å². The Morgan fingerprint density at radius 2 is 1.76 bits per heavy atom. The van der Waals surface area contributed by atoms with Gasteiger partial charge in [0.1, 0.15) is 0 Å². The maximum Gasteiger partial charge on any atom is 0.311 e. The minimum absolute atomic E-state index is 0.0304. The van der Waals surface area contributed by atoms with E-state index in [4.69, 9.17) is 4.74 Å². The van der Waals surface area contributed by atoms with E-state index in [2.05, 4.69) is 20.9 Å². The summed E-state index contributed by atoms with van der Waals surface area (Å²) in [5.41, 5.74) is 1.67. The van der Waals surface area contributed by atoms with Crippen molar-refractivity contribution in [1.29, 1.82) is 0 Å². The van der Waals surface area contributed by atoms with Crippen LogP contribution in [0.1, 0.15) is 30.5 Å². The number of carbonyl (C=O) groups is 2. The maximum atomic E-state index is 13.1. The van der Waals surface area contributed by atoms with Gasteiger partial charge in [0, 0.05) is 56.9 Å². The van der Waals surface area contributed by atoms with Gasteiger partial charge in [0.2, 0.25) is 11.9 Å². The molecule has 2 aromatic heterocycles. The van der Waals surface area contributed by atoms with Crippen molar-refractivity contribution in [2.45, 2.75) is 37.9 Å². The molecule has 2 aliphatic rings. The minimum atomic E-state index is -0.513. The lowest BCUT2D eigenvalue weighted by Crippen LogP contribution is -2.57. The van der Waals surface area contributed by atoms with E-state index in [1.165, 1.54) is 7.11 Å². The standard InChI is InChI=1S/C26H29N5O3/c1-34-24(33)22-17-23(32)31(18-20-7-3-2-4-8-20)26(22)10-15-29(16-11-26)19-21-9-5-14-30(21)25-27-12-6-13-28-25/h2-9,12-14,22H,10-11,15-19H2,1H3. The largest absolute Gasteiger partial charge is 0.469 e. The summed E-state index contributed by atoms with van der Waals surface area (Å²) in [4.78, 5) is 38.9. The summed E-state index contributed by atoms with van der Waals surface area (Å²) in [7, 11) is 1.41. The maximum absolute atomic E-state index is 13.1. The quantitative estimate of drug-likeness (QED) is 0.528. The molecule has 5 rings (SSSR count). The summed E-state index contributed by atoms with van der Waals surface area (Å²) in [6.07, 6.45) is 7.13. The molecule has 0 saturated carbocycles. The Labute approximate surface area is 199 Å². The fourth-order valence-corrected chi connectivity index (χ4v) is 5.47. The number of aromatic nitrogens is 3. The molecule has 2 fully saturated rings. The molecular weight excluding hydrogens is 430 g/mol. The molecule has 2 saturated heterocycles. The molecule has 34 heavy (non-hydrogen) atoms. The first-order valence-electron chi connectivity index (χ1n) is 11.7. The number of benzene rings is 1. The van der Waals surface area contributed by atoms with Gasteiger partial charge in [-0.1, -0.05) is 30.3 Å². The molecule has 176 valence electrons. The van der Waals surface area contributed by atoms with E-state index in [1.54, 1.807) is 18.5 Å². The summed E-state index contributed by atoms with van der Waals surface area (Å²) in [5.74, 6) is -0.0372. The van der Waals surface area contributed by atoms with E-state index in [-0.39, 0.29) is 18.3 Å². The summed E-state index contributed by atoms with van der Waals surface area (Å²) >= 11 is 0. The van der Waals surface area contributed by atoms with Crippen molar-refractivity contribution in [3.63, 3.8) is 0 Å². The van der Waals surface area contributed by atoms with Gasteiger partial charge in [0.15, 0.2) is 0 Å². The number of hydrogen-bond acceptors (Lipinski definition) is 6. The first-order chi connectivity index (χ1) is 16.6.